The Kier molecular flexibility index (Phi) is 5.74. The maximum absolute atomic E-state index is 11.7. The predicted molar refractivity (Wildman–Crippen MR) is 112 cm³/mol. The first kappa shape index (κ1) is 19.9. The third-order valence-corrected chi connectivity index (χ3v) is 5.94. The third-order valence-electron chi connectivity index (χ3n) is 4.68. The summed E-state index contributed by atoms with van der Waals surface area (Å²) in [6.07, 6.45) is 1.22. The van der Waals surface area contributed by atoms with Crippen molar-refractivity contribution in [2.75, 3.05) is 13.3 Å². The van der Waals surface area contributed by atoms with Gasteiger partial charge < -0.3 is 15.1 Å². The zero-order valence-corrected chi connectivity index (χ0v) is 17.4. The molecule has 0 spiro atoms. The molecule has 0 fully saturated rings. The van der Waals surface area contributed by atoms with Gasteiger partial charge in [0.25, 0.3) is 0 Å². The number of rotatable bonds is 5. The Labute approximate surface area is 165 Å². The molecule has 2 N–H and O–H groups in total. The Bertz CT molecular complexity index is 1130. The van der Waals surface area contributed by atoms with Crippen LogP contribution in [0.25, 0.3) is 11.0 Å². The normalized spacial score (nSPS) is 12.4. The average molecular weight is 400 g/mol. The molecule has 0 saturated carbocycles. The fourth-order valence-corrected chi connectivity index (χ4v) is 4.16. The number of benzene rings is 2. The molecule has 0 aliphatic heterocycles. The molecule has 3 rings (SSSR count). The summed E-state index contributed by atoms with van der Waals surface area (Å²) in [5.74, 6) is 1.52. The van der Waals surface area contributed by atoms with E-state index in [0.717, 1.165) is 33.4 Å². The van der Waals surface area contributed by atoms with Gasteiger partial charge in [-0.15, -0.1) is 0 Å². The van der Waals surface area contributed by atoms with Gasteiger partial charge in [0.1, 0.15) is 11.3 Å². The highest BCUT2D eigenvalue weighted by atomic mass is 32.2. The zero-order chi connectivity index (χ0) is 20.3. The number of hydrogen-bond donors (Lipinski definition) is 2. The van der Waals surface area contributed by atoms with E-state index in [1.807, 2.05) is 43.3 Å². The van der Waals surface area contributed by atoms with Gasteiger partial charge in [0.05, 0.1) is 11.4 Å². The topological polar surface area (TPSA) is 83.7 Å². The fourth-order valence-electron chi connectivity index (χ4n) is 3.20. The molecule has 28 heavy (non-hydrogen) atoms. The molecule has 0 atom stereocenters. The molecule has 0 unspecified atom stereocenters. The Morgan fingerprint density at radius 2 is 1.79 bits per heavy atom. The van der Waals surface area contributed by atoms with Crippen LogP contribution >= 0.6 is 0 Å². The van der Waals surface area contributed by atoms with Gasteiger partial charge in [-0.3, -0.25) is 4.99 Å². The SMILES string of the molecule is CN=C(NCc1ccc(S(C)(=O)=O)c(C)c1)NCc1oc2ccccc2c1C. The molecule has 0 saturated heterocycles. The summed E-state index contributed by atoms with van der Waals surface area (Å²) in [5, 5.41) is 7.61. The van der Waals surface area contributed by atoms with Crippen LogP contribution in [0.5, 0.6) is 0 Å². The van der Waals surface area contributed by atoms with Crippen molar-refractivity contribution in [3.05, 3.63) is 64.9 Å². The minimum atomic E-state index is -3.21. The highest BCUT2D eigenvalue weighted by Crippen LogP contribution is 2.24. The lowest BCUT2D eigenvalue weighted by Crippen LogP contribution is -2.36. The van der Waals surface area contributed by atoms with E-state index in [0.29, 0.717) is 23.9 Å². The number of fused-ring (bicyclic) bond motifs is 1. The number of nitrogens with one attached hydrogen (secondary N) is 2. The molecular weight excluding hydrogens is 374 g/mol. The first-order valence-electron chi connectivity index (χ1n) is 9.00. The van der Waals surface area contributed by atoms with Crippen LogP contribution in [0.4, 0.5) is 0 Å². The second-order valence-electron chi connectivity index (χ2n) is 6.80. The van der Waals surface area contributed by atoms with E-state index in [-0.39, 0.29) is 0 Å². The lowest BCUT2D eigenvalue weighted by molar-refractivity contribution is 0.534. The minimum Gasteiger partial charge on any atom is -0.459 e. The van der Waals surface area contributed by atoms with E-state index < -0.39 is 9.84 Å². The van der Waals surface area contributed by atoms with Crippen LogP contribution in [0.2, 0.25) is 0 Å². The average Bonchev–Trinajstić information content (AvgIpc) is 2.97. The van der Waals surface area contributed by atoms with Crippen molar-refractivity contribution in [3.63, 3.8) is 0 Å². The van der Waals surface area contributed by atoms with Crippen molar-refractivity contribution in [2.45, 2.75) is 31.8 Å². The van der Waals surface area contributed by atoms with Crippen LogP contribution in [0.3, 0.4) is 0 Å². The van der Waals surface area contributed by atoms with Crippen molar-refractivity contribution in [1.29, 1.82) is 0 Å². The van der Waals surface area contributed by atoms with Gasteiger partial charge in [0.2, 0.25) is 0 Å². The summed E-state index contributed by atoms with van der Waals surface area (Å²) in [6, 6.07) is 13.3. The van der Waals surface area contributed by atoms with Gasteiger partial charge in [-0.1, -0.05) is 30.3 Å². The summed E-state index contributed by atoms with van der Waals surface area (Å²) in [4.78, 5) is 4.60. The van der Waals surface area contributed by atoms with Crippen LogP contribution in [0.1, 0.15) is 22.5 Å². The number of para-hydroxylation sites is 1. The molecule has 1 heterocycles. The molecule has 2 aromatic carbocycles. The lowest BCUT2D eigenvalue weighted by Gasteiger charge is -2.12. The first-order chi connectivity index (χ1) is 13.3. The summed E-state index contributed by atoms with van der Waals surface area (Å²) < 4.78 is 29.4. The lowest BCUT2D eigenvalue weighted by atomic mass is 10.1. The summed E-state index contributed by atoms with van der Waals surface area (Å²) in [5.41, 5.74) is 3.71. The van der Waals surface area contributed by atoms with Crippen molar-refractivity contribution in [2.24, 2.45) is 4.99 Å². The van der Waals surface area contributed by atoms with Gasteiger partial charge >= 0.3 is 0 Å². The van der Waals surface area contributed by atoms with Crippen molar-refractivity contribution in [1.82, 2.24) is 10.6 Å². The predicted octanol–water partition coefficient (Wildman–Crippen LogP) is 3.32. The van der Waals surface area contributed by atoms with Crippen LogP contribution in [0, 0.1) is 13.8 Å². The number of furan rings is 1. The molecule has 0 amide bonds. The molecular formula is C21H25N3O3S. The van der Waals surface area contributed by atoms with Gasteiger partial charge in [0.15, 0.2) is 15.8 Å². The molecule has 0 aliphatic rings. The summed E-state index contributed by atoms with van der Waals surface area (Å²) in [7, 11) is -1.50. The standard InChI is InChI=1S/C21H25N3O3S/c1-14-11-16(9-10-20(14)28(4,25)26)12-23-21(22-3)24-13-19-15(2)17-7-5-6-8-18(17)27-19/h5-11H,12-13H2,1-4H3,(H2,22,23,24). The van der Waals surface area contributed by atoms with E-state index in [1.165, 1.54) is 6.26 Å². The van der Waals surface area contributed by atoms with Gasteiger partial charge in [0, 0.05) is 30.8 Å². The highest BCUT2D eigenvalue weighted by molar-refractivity contribution is 7.90. The van der Waals surface area contributed by atoms with Crippen molar-refractivity contribution < 1.29 is 12.8 Å². The molecule has 6 nitrogen and oxygen atoms in total. The fraction of sp³-hybridized carbons (Fsp3) is 0.286. The largest absolute Gasteiger partial charge is 0.459 e. The number of guanidine groups is 1. The molecule has 7 heteroatoms. The second-order valence-corrected chi connectivity index (χ2v) is 8.78. The second kappa shape index (κ2) is 8.06. The number of hydrogen-bond acceptors (Lipinski definition) is 4. The van der Waals surface area contributed by atoms with Crippen LogP contribution in [-0.2, 0) is 22.9 Å². The van der Waals surface area contributed by atoms with Crippen LogP contribution < -0.4 is 10.6 Å². The molecule has 148 valence electrons. The van der Waals surface area contributed by atoms with Crippen LogP contribution in [0.15, 0.2) is 56.8 Å². The van der Waals surface area contributed by atoms with Crippen molar-refractivity contribution in [3.8, 4) is 0 Å². The number of nitrogens with zero attached hydrogens (tertiary/aromatic N) is 1. The Balaban J connectivity index is 1.63. The Morgan fingerprint density at radius 3 is 2.43 bits per heavy atom. The van der Waals surface area contributed by atoms with Gasteiger partial charge in [-0.25, -0.2) is 8.42 Å². The van der Waals surface area contributed by atoms with E-state index in [1.54, 1.807) is 20.0 Å². The molecule has 0 aliphatic carbocycles. The minimum absolute atomic E-state index is 0.360. The van der Waals surface area contributed by atoms with E-state index in [9.17, 15) is 8.42 Å². The number of aliphatic imine (C=N–C) groups is 1. The highest BCUT2D eigenvalue weighted by Gasteiger charge is 2.12. The third kappa shape index (κ3) is 4.36. The molecule has 0 radical (unpaired) electrons. The monoisotopic (exact) mass is 399 g/mol. The zero-order valence-electron chi connectivity index (χ0n) is 16.5. The molecule has 3 aromatic rings. The molecule has 0 bridgehead atoms. The number of sulfone groups is 1. The Hall–Kier alpha value is -2.80. The van der Waals surface area contributed by atoms with Crippen molar-refractivity contribution >= 4 is 26.8 Å². The Morgan fingerprint density at radius 1 is 1.07 bits per heavy atom. The maximum Gasteiger partial charge on any atom is 0.191 e. The smallest absolute Gasteiger partial charge is 0.191 e. The quantitative estimate of drug-likeness (QED) is 0.508. The summed E-state index contributed by atoms with van der Waals surface area (Å²) >= 11 is 0. The number of aryl methyl sites for hydroxylation is 2. The van der Waals surface area contributed by atoms with E-state index in [4.69, 9.17) is 4.42 Å². The maximum atomic E-state index is 11.7. The first-order valence-corrected chi connectivity index (χ1v) is 10.9. The van der Waals surface area contributed by atoms with Crippen LogP contribution in [-0.4, -0.2) is 27.7 Å². The summed E-state index contributed by atoms with van der Waals surface area (Å²) in [6.45, 7) is 4.90. The van der Waals surface area contributed by atoms with E-state index >= 15 is 0 Å². The van der Waals surface area contributed by atoms with E-state index in [2.05, 4.69) is 15.6 Å². The molecule has 1 aromatic heterocycles. The van der Waals surface area contributed by atoms with Gasteiger partial charge in [-0.05, 0) is 37.1 Å². The van der Waals surface area contributed by atoms with Gasteiger partial charge in [-0.2, -0.15) is 0 Å².